The average molecular weight is 718 g/mol. The van der Waals surface area contributed by atoms with Crippen LogP contribution < -0.4 is 15.0 Å². The van der Waals surface area contributed by atoms with Crippen LogP contribution in [0.1, 0.15) is 56.6 Å². The molecule has 0 aromatic heterocycles. The highest BCUT2D eigenvalue weighted by Gasteiger charge is 2.75. The van der Waals surface area contributed by atoms with E-state index in [1.165, 1.54) is 7.11 Å². The Morgan fingerprint density at radius 2 is 1.83 bits per heavy atom. The number of methoxy groups -OCH3 is 2. The van der Waals surface area contributed by atoms with E-state index in [1.807, 2.05) is 30.3 Å². The summed E-state index contributed by atoms with van der Waals surface area (Å²) in [4.78, 5) is 59.9. The molecule has 3 aliphatic rings. The Balaban J connectivity index is 1.48. The fraction of sp³-hybridized carbons (Fsp3) is 0.500. The molecule has 7 atom stereocenters. The number of likely N-dealkylation sites (tertiary alicyclic amines) is 1. The predicted octanol–water partition coefficient (Wildman–Crippen LogP) is 4.13. The molecule has 12 nitrogen and oxygen atoms in total. The number of hydrogen-bond donors (Lipinski definition) is 2. The van der Waals surface area contributed by atoms with Gasteiger partial charge in [-0.25, -0.2) is 0 Å². The second-order valence-corrected chi connectivity index (χ2v) is 13.5. The second-order valence-electron chi connectivity index (χ2n) is 13.5. The molecule has 3 heterocycles. The summed E-state index contributed by atoms with van der Waals surface area (Å²) in [6.45, 7) is 8.09. The van der Waals surface area contributed by atoms with Gasteiger partial charge >= 0.3 is 5.97 Å². The molecule has 0 unspecified atom stereocenters. The Kier molecular flexibility index (Phi) is 13.3. The summed E-state index contributed by atoms with van der Waals surface area (Å²) in [5.41, 5.74) is 0.00157. The van der Waals surface area contributed by atoms with Gasteiger partial charge in [0.2, 0.25) is 11.8 Å². The molecular formula is C40H51N3O9. The monoisotopic (exact) mass is 717 g/mol. The van der Waals surface area contributed by atoms with Crippen molar-refractivity contribution in [1.82, 2.24) is 10.2 Å². The van der Waals surface area contributed by atoms with Gasteiger partial charge in [0.25, 0.3) is 5.91 Å². The summed E-state index contributed by atoms with van der Waals surface area (Å²) in [6.07, 6.45) is 5.05. The molecule has 2 aromatic rings. The molecule has 5 rings (SSSR count). The lowest BCUT2D eigenvalue weighted by atomic mass is 9.70. The number of hydrogen-bond acceptors (Lipinski definition) is 9. The molecule has 52 heavy (non-hydrogen) atoms. The third kappa shape index (κ3) is 7.94. The van der Waals surface area contributed by atoms with E-state index < -0.39 is 47.7 Å². The zero-order valence-electron chi connectivity index (χ0n) is 30.1. The van der Waals surface area contributed by atoms with Gasteiger partial charge in [0.05, 0.1) is 37.7 Å². The maximum Gasteiger partial charge on any atom is 0.313 e. The van der Waals surface area contributed by atoms with Crippen LogP contribution in [0.5, 0.6) is 5.75 Å². The number of nitrogens with zero attached hydrogens (tertiary/aromatic N) is 2. The minimum Gasteiger partial charge on any atom is -0.497 e. The summed E-state index contributed by atoms with van der Waals surface area (Å²) in [5.74, 6) is -2.83. The molecule has 2 bridgehead atoms. The van der Waals surface area contributed by atoms with Crippen LogP contribution in [-0.4, -0.2) is 98.0 Å². The summed E-state index contributed by atoms with van der Waals surface area (Å²) >= 11 is 0. The fourth-order valence-electron chi connectivity index (χ4n) is 8.00. The number of esters is 1. The highest BCUT2D eigenvalue weighted by molar-refractivity contribution is 6.04. The Hall–Kier alpha value is -4.52. The van der Waals surface area contributed by atoms with Crippen molar-refractivity contribution >= 4 is 29.4 Å². The van der Waals surface area contributed by atoms with E-state index in [-0.39, 0.29) is 50.4 Å². The van der Waals surface area contributed by atoms with E-state index in [2.05, 4.69) is 18.5 Å². The third-order valence-corrected chi connectivity index (χ3v) is 10.3. The molecule has 0 radical (unpaired) electrons. The third-order valence-electron chi connectivity index (χ3n) is 10.3. The van der Waals surface area contributed by atoms with E-state index in [1.54, 1.807) is 53.3 Å². The van der Waals surface area contributed by atoms with Crippen molar-refractivity contribution < 1.29 is 43.2 Å². The quantitative estimate of drug-likeness (QED) is 0.117. The number of unbranched alkanes of at least 4 members (excludes halogenated alkanes) is 2. The smallest absolute Gasteiger partial charge is 0.313 e. The maximum absolute atomic E-state index is 14.8. The number of carbonyl (C=O) groups excluding carboxylic acids is 4. The summed E-state index contributed by atoms with van der Waals surface area (Å²) in [7, 11) is 3.07. The first-order chi connectivity index (χ1) is 25.2. The summed E-state index contributed by atoms with van der Waals surface area (Å²) < 4.78 is 23.8. The number of aliphatic hydroxyl groups is 1. The fourth-order valence-corrected chi connectivity index (χ4v) is 8.00. The van der Waals surface area contributed by atoms with Crippen molar-refractivity contribution in [1.29, 1.82) is 0 Å². The van der Waals surface area contributed by atoms with Gasteiger partial charge in [-0.15, -0.1) is 13.2 Å². The van der Waals surface area contributed by atoms with Crippen LogP contribution in [0.25, 0.3) is 0 Å². The van der Waals surface area contributed by atoms with Crippen LogP contribution in [-0.2, 0) is 33.4 Å². The number of ether oxygens (including phenoxy) is 4. The number of anilines is 1. The van der Waals surface area contributed by atoms with Crippen molar-refractivity contribution in [2.75, 3.05) is 45.4 Å². The number of carbonyl (C=O) groups is 4. The zero-order valence-corrected chi connectivity index (χ0v) is 30.1. The van der Waals surface area contributed by atoms with Crippen LogP contribution in [0.4, 0.5) is 5.69 Å². The van der Waals surface area contributed by atoms with E-state index >= 15 is 0 Å². The van der Waals surface area contributed by atoms with Crippen LogP contribution >= 0.6 is 0 Å². The lowest BCUT2D eigenvalue weighted by Crippen LogP contribution is -2.56. The Bertz CT molecular complexity index is 1570. The van der Waals surface area contributed by atoms with Gasteiger partial charge in [0.15, 0.2) is 0 Å². The van der Waals surface area contributed by atoms with E-state index in [4.69, 9.17) is 18.9 Å². The van der Waals surface area contributed by atoms with Crippen LogP contribution in [0.2, 0.25) is 0 Å². The molecule has 12 heteroatoms. The largest absolute Gasteiger partial charge is 0.497 e. The van der Waals surface area contributed by atoms with Gasteiger partial charge in [-0.05, 0) is 68.4 Å². The van der Waals surface area contributed by atoms with Gasteiger partial charge in [-0.2, -0.15) is 0 Å². The predicted molar refractivity (Wildman–Crippen MR) is 194 cm³/mol. The highest BCUT2D eigenvalue weighted by Crippen LogP contribution is 2.59. The van der Waals surface area contributed by atoms with E-state index in [9.17, 15) is 24.3 Å². The minimum atomic E-state index is -1.25. The molecule has 0 saturated carbocycles. The van der Waals surface area contributed by atoms with E-state index in [0.29, 0.717) is 55.5 Å². The Morgan fingerprint density at radius 3 is 2.48 bits per heavy atom. The molecule has 3 fully saturated rings. The lowest BCUT2D eigenvalue weighted by Gasteiger charge is -2.37. The van der Waals surface area contributed by atoms with Crippen molar-refractivity contribution in [3.05, 3.63) is 85.5 Å². The SMILES string of the molecule is C=CCCC(=O)N[C@@H](COC)[C@@H](OC(=O)[C@@H]1[C@H]2C(=O)N(CCCCCO)[C@H](C(=O)N(CC=C)c3ccc(OC)cc3)[C@]23CC[C@H]1O3)c1ccccc1. The molecule has 3 saturated heterocycles. The van der Waals surface area contributed by atoms with Gasteiger partial charge in [0, 0.05) is 38.9 Å². The number of aliphatic hydroxyl groups excluding tert-OH is 1. The molecule has 3 amide bonds. The lowest BCUT2D eigenvalue weighted by molar-refractivity contribution is -0.163. The first-order valence-corrected chi connectivity index (χ1v) is 18.0. The average Bonchev–Trinajstić information content (AvgIpc) is 3.81. The van der Waals surface area contributed by atoms with Crippen molar-refractivity contribution in [2.24, 2.45) is 11.8 Å². The standard InChI is InChI=1S/C40H51N3O9/c1-5-7-16-32(45)41-30(26-49-3)35(27-14-10-8-11-15-27)51-39(48)33-31-21-22-40(52-31)34(33)37(46)43(24-12-9-13-25-44)36(40)38(47)42(23-6-2)28-17-19-29(50-4)20-18-28/h5-6,8,10-11,14-15,17-20,30-31,33-36,44H,1-2,7,9,12-13,16,21-26H2,3-4H3,(H,41,45)/t30-,31+,33-,34-,35-,36+,40-/m0/s1. The molecule has 0 aliphatic carbocycles. The second kappa shape index (κ2) is 17.8. The number of rotatable bonds is 20. The van der Waals surface area contributed by atoms with Crippen molar-refractivity contribution in [3.8, 4) is 5.75 Å². The van der Waals surface area contributed by atoms with Gasteiger partial charge in [-0.3, -0.25) is 19.2 Å². The topological polar surface area (TPSA) is 144 Å². The van der Waals surface area contributed by atoms with Crippen LogP contribution in [0.3, 0.4) is 0 Å². The number of fused-ring (bicyclic) bond motifs is 1. The number of amides is 3. The highest BCUT2D eigenvalue weighted by atomic mass is 16.6. The molecule has 3 aliphatic heterocycles. The van der Waals surface area contributed by atoms with Gasteiger partial charge in [0.1, 0.15) is 23.5 Å². The summed E-state index contributed by atoms with van der Waals surface area (Å²) in [5, 5.41) is 12.4. The van der Waals surface area contributed by atoms with Gasteiger partial charge < -0.3 is 39.2 Å². The van der Waals surface area contributed by atoms with E-state index in [0.717, 1.165) is 0 Å². The first kappa shape index (κ1) is 38.7. The number of nitrogens with one attached hydrogen (secondary N) is 1. The zero-order chi connectivity index (χ0) is 37.3. The Labute approximate surface area is 305 Å². The number of benzene rings is 2. The summed E-state index contributed by atoms with van der Waals surface area (Å²) in [6, 6.07) is 14.5. The first-order valence-electron chi connectivity index (χ1n) is 18.0. The number of allylic oxidation sites excluding steroid dienone is 1. The van der Waals surface area contributed by atoms with Crippen molar-refractivity contribution in [2.45, 2.75) is 74.8 Å². The molecule has 1 spiro atoms. The molecule has 280 valence electrons. The Morgan fingerprint density at radius 1 is 1.08 bits per heavy atom. The minimum absolute atomic E-state index is 0.0213. The molecule has 2 aromatic carbocycles. The molecule has 2 N–H and O–H groups in total. The molecular weight excluding hydrogens is 666 g/mol. The van der Waals surface area contributed by atoms with Crippen molar-refractivity contribution in [3.63, 3.8) is 0 Å². The van der Waals surface area contributed by atoms with Crippen LogP contribution in [0, 0.1) is 11.8 Å². The normalized spacial score (nSPS) is 24.1. The van der Waals surface area contributed by atoms with Crippen LogP contribution in [0.15, 0.2) is 79.9 Å². The maximum atomic E-state index is 14.8. The van der Waals surface area contributed by atoms with Gasteiger partial charge in [-0.1, -0.05) is 42.5 Å².